The van der Waals surface area contributed by atoms with Crippen molar-refractivity contribution in [3.05, 3.63) is 29.8 Å². The third-order valence-electron chi connectivity index (χ3n) is 2.03. The third kappa shape index (κ3) is 2.76. The lowest BCUT2D eigenvalue weighted by molar-refractivity contribution is 0.0770. The van der Waals surface area contributed by atoms with E-state index in [0.717, 1.165) is 6.42 Å². The van der Waals surface area contributed by atoms with Crippen molar-refractivity contribution in [2.45, 2.75) is 13.3 Å². The molecular weight excluding hydrogens is 209 g/mol. The molecule has 1 heterocycles. The zero-order valence-electron chi connectivity index (χ0n) is 8.98. The summed E-state index contributed by atoms with van der Waals surface area (Å²) >= 11 is 0. The molecule has 0 saturated heterocycles. The van der Waals surface area contributed by atoms with Crippen LogP contribution in [0.1, 0.15) is 23.7 Å². The van der Waals surface area contributed by atoms with Crippen LogP contribution < -0.4 is 0 Å². The highest BCUT2D eigenvalue weighted by Gasteiger charge is 2.18. The van der Waals surface area contributed by atoms with E-state index >= 15 is 0 Å². The topological polar surface area (TPSA) is 57.0 Å². The number of carbonyl (C=O) groups excluding carboxylic acids is 1. The van der Waals surface area contributed by atoms with Crippen LogP contribution in [0.25, 0.3) is 0 Å². The number of rotatable bonds is 4. The number of amides is 1. The molecule has 0 fully saturated rings. The van der Waals surface area contributed by atoms with Crippen LogP contribution >= 0.6 is 0 Å². The van der Waals surface area contributed by atoms with Crippen LogP contribution in [-0.4, -0.2) is 28.9 Å². The van der Waals surface area contributed by atoms with E-state index < -0.39 is 11.9 Å². The molecule has 1 rings (SSSR count). The number of halogens is 1. The number of hydrogen-bond donors (Lipinski definition) is 0. The third-order valence-corrected chi connectivity index (χ3v) is 2.03. The molecule has 1 aromatic rings. The number of nitriles is 1. The predicted octanol–water partition coefficient (Wildman–Crippen LogP) is 1.60. The van der Waals surface area contributed by atoms with Gasteiger partial charge in [0.05, 0.1) is 11.6 Å². The van der Waals surface area contributed by atoms with Gasteiger partial charge in [0.15, 0.2) is 0 Å². The molecule has 4 nitrogen and oxygen atoms in total. The van der Waals surface area contributed by atoms with E-state index in [-0.39, 0.29) is 12.1 Å². The Kier molecular flexibility index (Phi) is 4.40. The Hall–Kier alpha value is -1.96. The fourth-order valence-corrected chi connectivity index (χ4v) is 1.32. The highest BCUT2D eigenvalue weighted by molar-refractivity contribution is 5.94. The molecule has 0 aliphatic heterocycles. The average molecular weight is 221 g/mol. The minimum absolute atomic E-state index is 0.0407. The van der Waals surface area contributed by atoms with Crippen molar-refractivity contribution in [3.63, 3.8) is 0 Å². The minimum atomic E-state index is -0.799. The normalized spacial score (nSPS) is 9.56. The van der Waals surface area contributed by atoms with Crippen molar-refractivity contribution in [2.24, 2.45) is 0 Å². The van der Waals surface area contributed by atoms with E-state index in [2.05, 4.69) is 4.98 Å². The van der Waals surface area contributed by atoms with Gasteiger partial charge in [0.25, 0.3) is 5.91 Å². The molecule has 0 bridgehead atoms. The first-order valence-electron chi connectivity index (χ1n) is 4.97. The molecule has 0 aliphatic rings. The van der Waals surface area contributed by atoms with E-state index in [9.17, 15) is 9.18 Å². The van der Waals surface area contributed by atoms with Gasteiger partial charge in [-0.05, 0) is 18.6 Å². The second kappa shape index (κ2) is 5.81. The van der Waals surface area contributed by atoms with Crippen LogP contribution in [0.5, 0.6) is 0 Å². The van der Waals surface area contributed by atoms with Gasteiger partial charge in [0.2, 0.25) is 5.95 Å². The number of nitrogens with zero attached hydrogens (tertiary/aromatic N) is 3. The Bertz CT molecular complexity index is 414. The summed E-state index contributed by atoms with van der Waals surface area (Å²) in [5.41, 5.74) is -0.0915. The van der Waals surface area contributed by atoms with Gasteiger partial charge in [-0.2, -0.15) is 9.65 Å². The molecule has 1 aromatic heterocycles. The molecule has 84 valence electrons. The first-order chi connectivity index (χ1) is 7.70. The maximum atomic E-state index is 13.2. The lowest BCUT2D eigenvalue weighted by Crippen LogP contribution is -2.32. The van der Waals surface area contributed by atoms with E-state index in [4.69, 9.17) is 5.26 Å². The quantitative estimate of drug-likeness (QED) is 0.573. The maximum absolute atomic E-state index is 13.2. The highest BCUT2D eigenvalue weighted by atomic mass is 19.1. The van der Waals surface area contributed by atoms with Gasteiger partial charge in [-0.1, -0.05) is 6.92 Å². The van der Waals surface area contributed by atoms with Gasteiger partial charge < -0.3 is 4.90 Å². The summed E-state index contributed by atoms with van der Waals surface area (Å²) in [6.07, 6.45) is 2.00. The standard InChI is InChI=1S/C11H12FN3O/c1-2-7-15(8-5-13)11(16)9-4-3-6-14-10(9)12/h3-4,6H,2,7-8H2,1H3. The Morgan fingerprint density at radius 3 is 3.00 bits per heavy atom. The summed E-state index contributed by atoms with van der Waals surface area (Å²) in [6.45, 7) is 2.28. The summed E-state index contributed by atoms with van der Waals surface area (Å²) in [6, 6.07) is 4.74. The molecule has 0 N–H and O–H groups in total. The first kappa shape index (κ1) is 12.1. The van der Waals surface area contributed by atoms with Crippen LogP contribution in [0.2, 0.25) is 0 Å². The summed E-state index contributed by atoms with van der Waals surface area (Å²) < 4.78 is 13.2. The van der Waals surface area contributed by atoms with Crippen molar-refractivity contribution in [1.29, 1.82) is 5.26 Å². The number of carbonyl (C=O) groups is 1. The molecule has 0 aliphatic carbocycles. The van der Waals surface area contributed by atoms with Crippen molar-refractivity contribution < 1.29 is 9.18 Å². The molecule has 0 saturated carbocycles. The van der Waals surface area contributed by atoms with Crippen molar-refractivity contribution in [2.75, 3.05) is 13.1 Å². The van der Waals surface area contributed by atoms with Gasteiger partial charge in [-0.25, -0.2) is 4.98 Å². The summed E-state index contributed by atoms with van der Waals surface area (Å²) in [5, 5.41) is 8.58. The van der Waals surface area contributed by atoms with Crippen LogP contribution in [0.3, 0.4) is 0 Å². The van der Waals surface area contributed by atoms with E-state index in [0.29, 0.717) is 6.54 Å². The molecule has 0 atom stereocenters. The summed E-state index contributed by atoms with van der Waals surface area (Å²) in [4.78, 5) is 16.6. The maximum Gasteiger partial charge on any atom is 0.259 e. The number of aromatic nitrogens is 1. The minimum Gasteiger partial charge on any atom is -0.325 e. The van der Waals surface area contributed by atoms with Crippen LogP contribution in [0.4, 0.5) is 4.39 Å². The molecule has 5 heteroatoms. The fourth-order valence-electron chi connectivity index (χ4n) is 1.32. The monoisotopic (exact) mass is 221 g/mol. The lowest BCUT2D eigenvalue weighted by Gasteiger charge is -2.18. The van der Waals surface area contributed by atoms with Gasteiger partial charge >= 0.3 is 0 Å². The van der Waals surface area contributed by atoms with E-state index in [1.165, 1.54) is 23.2 Å². The summed E-state index contributed by atoms with van der Waals surface area (Å²) in [5.74, 6) is -1.29. The summed E-state index contributed by atoms with van der Waals surface area (Å²) in [7, 11) is 0. The molecular formula is C11H12FN3O. The number of pyridine rings is 1. The number of hydrogen-bond acceptors (Lipinski definition) is 3. The SMILES string of the molecule is CCCN(CC#N)C(=O)c1cccnc1F. The van der Waals surface area contributed by atoms with Crippen molar-refractivity contribution in [1.82, 2.24) is 9.88 Å². The Balaban J connectivity index is 2.91. The van der Waals surface area contributed by atoms with Crippen molar-refractivity contribution >= 4 is 5.91 Å². The Labute approximate surface area is 93.3 Å². The van der Waals surface area contributed by atoms with E-state index in [1.54, 1.807) is 0 Å². The average Bonchev–Trinajstić information content (AvgIpc) is 2.28. The van der Waals surface area contributed by atoms with Crippen molar-refractivity contribution in [3.8, 4) is 6.07 Å². The molecule has 0 spiro atoms. The second-order valence-electron chi connectivity index (χ2n) is 3.23. The van der Waals surface area contributed by atoms with E-state index in [1.807, 2.05) is 13.0 Å². The largest absolute Gasteiger partial charge is 0.325 e. The molecule has 1 amide bonds. The first-order valence-corrected chi connectivity index (χ1v) is 4.97. The van der Waals surface area contributed by atoms with Gasteiger partial charge in [0, 0.05) is 12.7 Å². The second-order valence-corrected chi connectivity index (χ2v) is 3.23. The van der Waals surface area contributed by atoms with Crippen LogP contribution in [-0.2, 0) is 0 Å². The smallest absolute Gasteiger partial charge is 0.259 e. The molecule has 16 heavy (non-hydrogen) atoms. The van der Waals surface area contributed by atoms with Crippen LogP contribution in [0, 0.1) is 17.3 Å². The predicted molar refractivity (Wildman–Crippen MR) is 56.0 cm³/mol. The lowest BCUT2D eigenvalue weighted by atomic mass is 10.2. The van der Waals surface area contributed by atoms with Crippen LogP contribution in [0.15, 0.2) is 18.3 Å². The molecule has 0 aromatic carbocycles. The Morgan fingerprint density at radius 1 is 1.69 bits per heavy atom. The van der Waals surface area contributed by atoms with Gasteiger partial charge in [-0.3, -0.25) is 4.79 Å². The van der Waals surface area contributed by atoms with Gasteiger partial charge in [0.1, 0.15) is 6.54 Å². The molecule has 0 radical (unpaired) electrons. The fraction of sp³-hybridized carbons (Fsp3) is 0.364. The van der Waals surface area contributed by atoms with Gasteiger partial charge in [-0.15, -0.1) is 0 Å². The Morgan fingerprint density at radius 2 is 2.44 bits per heavy atom. The highest BCUT2D eigenvalue weighted by Crippen LogP contribution is 2.07. The zero-order valence-corrected chi connectivity index (χ0v) is 8.98. The zero-order chi connectivity index (χ0) is 12.0. The molecule has 0 unspecified atom stereocenters.